The van der Waals surface area contributed by atoms with Crippen LogP contribution in [0.5, 0.6) is 0 Å². The van der Waals surface area contributed by atoms with Gasteiger partial charge >= 0.3 is 0 Å². The Balaban J connectivity index is 4.22. The van der Waals surface area contributed by atoms with Crippen LogP contribution in [0, 0.1) is 11.3 Å². The van der Waals surface area contributed by atoms with Gasteiger partial charge in [-0.25, -0.2) is 0 Å². The maximum absolute atomic E-state index is 8.79. The van der Waals surface area contributed by atoms with Gasteiger partial charge < -0.3 is 14.0 Å². The molecule has 0 N–H and O–H groups in total. The average Bonchev–Trinajstić information content (AvgIpc) is 2.38. The lowest BCUT2D eigenvalue weighted by atomic mass is 10.3. The van der Waals surface area contributed by atoms with Gasteiger partial charge in [0.25, 0.3) is 0 Å². The molecule has 20 heavy (non-hydrogen) atoms. The van der Waals surface area contributed by atoms with Crippen molar-refractivity contribution < 1.29 is 14.0 Å². The third kappa shape index (κ3) is 8.84. The van der Waals surface area contributed by atoms with E-state index in [0.717, 1.165) is 6.16 Å². The molecule has 0 rings (SSSR count). The highest BCUT2D eigenvalue weighted by Crippen LogP contribution is 2.45. The van der Waals surface area contributed by atoms with E-state index in [0.29, 0.717) is 44.9 Å². The van der Waals surface area contributed by atoms with Crippen molar-refractivity contribution in [2.75, 3.05) is 39.7 Å². The molecule has 0 saturated heterocycles. The van der Waals surface area contributed by atoms with Crippen LogP contribution in [0.25, 0.3) is 0 Å². The minimum absolute atomic E-state index is 0.411. The highest BCUT2D eigenvalue weighted by molar-refractivity contribution is 7.50. The molecular formula is C14H29N2O3P. The van der Waals surface area contributed by atoms with Crippen LogP contribution >= 0.6 is 8.30 Å². The van der Waals surface area contributed by atoms with E-state index in [9.17, 15) is 0 Å². The zero-order chi connectivity index (χ0) is 15.4. The summed E-state index contributed by atoms with van der Waals surface area (Å²) in [5.41, 5.74) is 0. The van der Waals surface area contributed by atoms with Gasteiger partial charge in [-0.1, -0.05) is 0 Å². The van der Waals surface area contributed by atoms with E-state index in [1.165, 1.54) is 0 Å². The number of nitrogens with zero attached hydrogens (tertiary/aromatic N) is 2. The lowest BCUT2D eigenvalue weighted by Crippen LogP contribution is -2.34. The first-order chi connectivity index (χ1) is 9.54. The molecule has 0 bridgehead atoms. The van der Waals surface area contributed by atoms with E-state index in [4.69, 9.17) is 19.3 Å². The molecule has 0 aliphatic carbocycles. The van der Waals surface area contributed by atoms with Gasteiger partial charge in [-0.05, 0) is 27.7 Å². The summed E-state index contributed by atoms with van der Waals surface area (Å²) in [6, 6.07) is 3.03. The molecule has 0 amide bonds. The topological polar surface area (TPSA) is 54.7 Å². The van der Waals surface area contributed by atoms with Crippen molar-refractivity contribution in [1.29, 1.82) is 5.26 Å². The Hall–Kier alpha value is -0.240. The first-order valence-corrected chi connectivity index (χ1v) is 8.56. The lowest BCUT2D eigenvalue weighted by molar-refractivity contribution is 0.0545. The van der Waals surface area contributed by atoms with Crippen LogP contribution < -0.4 is 0 Å². The Morgan fingerprint density at radius 1 is 1.05 bits per heavy atom. The summed E-state index contributed by atoms with van der Waals surface area (Å²) in [6.45, 7) is 11.0. The zero-order valence-corrected chi connectivity index (χ0v) is 14.4. The van der Waals surface area contributed by atoms with Gasteiger partial charge in [0.15, 0.2) is 0 Å². The van der Waals surface area contributed by atoms with Crippen molar-refractivity contribution in [3.63, 3.8) is 0 Å². The van der Waals surface area contributed by atoms with Crippen LogP contribution in [0.2, 0.25) is 0 Å². The molecule has 0 fully saturated rings. The van der Waals surface area contributed by atoms with Gasteiger partial charge in [-0.3, -0.25) is 4.67 Å². The molecule has 0 aromatic rings. The second kappa shape index (κ2) is 12.5. The Labute approximate surface area is 125 Å². The molecule has 6 heteroatoms. The van der Waals surface area contributed by atoms with Crippen molar-refractivity contribution in [3.05, 3.63) is 0 Å². The van der Waals surface area contributed by atoms with Crippen LogP contribution in [0.15, 0.2) is 0 Å². The number of ether oxygens (including phenoxy) is 2. The van der Waals surface area contributed by atoms with Crippen molar-refractivity contribution >= 4 is 8.30 Å². The summed E-state index contributed by atoms with van der Waals surface area (Å²) in [5, 5.41) is 8.79. The molecule has 0 spiro atoms. The maximum atomic E-state index is 8.79. The van der Waals surface area contributed by atoms with Crippen molar-refractivity contribution in [2.24, 2.45) is 0 Å². The maximum Gasteiger partial charge on any atom is 0.105 e. The van der Waals surface area contributed by atoms with Crippen LogP contribution in [-0.4, -0.2) is 56.5 Å². The summed E-state index contributed by atoms with van der Waals surface area (Å²) in [5.74, 6) is 0. The summed E-state index contributed by atoms with van der Waals surface area (Å²) < 4.78 is 18.7. The Morgan fingerprint density at radius 2 is 1.65 bits per heavy atom. The molecule has 118 valence electrons. The monoisotopic (exact) mass is 304 g/mol. The number of nitriles is 1. The van der Waals surface area contributed by atoms with E-state index in [1.54, 1.807) is 7.11 Å². The fourth-order valence-corrected chi connectivity index (χ4v) is 4.05. The predicted molar refractivity (Wildman–Crippen MR) is 82.8 cm³/mol. The van der Waals surface area contributed by atoms with Gasteiger partial charge in [0.2, 0.25) is 0 Å². The summed E-state index contributed by atoms with van der Waals surface area (Å²) in [4.78, 5) is 0. The highest BCUT2D eigenvalue weighted by Gasteiger charge is 2.24. The number of hydrogen-bond donors (Lipinski definition) is 0. The molecule has 5 nitrogen and oxygen atoms in total. The Kier molecular flexibility index (Phi) is 12.3. The fraction of sp³-hybridized carbons (Fsp3) is 0.929. The Bertz CT molecular complexity index is 262. The van der Waals surface area contributed by atoms with Crippen LogP contribution in [0.4, 0.5) is 0 Å². The SMILES string of the molecule is COCCOCCOP(CCC#N)N(C(C)C)C(C)C. The third-order valence-electron chi connectivity index (χ3n) is 2.63. The zero-order valence-electron chi connectivity index (χ0n) is 13.5. The summed E-state index contributed by atoms with van der Waals surface area (Å²) in [6.07, 6.45) is 1.33. The Morgan fingerprint density at radius 3 is 2.15 bits per heavy atom. The molecule has 0 radical (unpaired) electrons. The molecule has 0 heterocycles. The van der Waals surface area contributed by atoms with Crippen molar-refractivity contribution in [1.82, 2.24) is 4.67 Å². The van der Waals surface area contributed by atoms with Crippen LogP contribution in [0.3, 0.4) is 0 Å². The minimum atomic E-state index is -0.734. The molecule has 0 saturated carbocycles. The summed E-state index contributed by atoms with van der Waals surface area (Å²) in [7, 11) is 0.923. The van der Waals surface area contributed by atoms with Crippen LogP contribution in [-0.2, 0) is 14.0 Å². The molecule has 0 aromatic heterocycles. The fourth-order valence-electron chi connectivity index (χ4n) is 1.95. The van der Waals surface area contributed by atoms with Gasteiger partial charge in [0.05, 0.1) is 32.5 Å². The normalized spacial score (nSPS) is 13.2. The van der Waals surface area contributed by atoms with Crippen LogP contribution in [0.1, 0.15) is 34.1 Å². The van der Waals surface area contributed by atoms with Crippen molar-refractivity contribution in [3.8, 4) is 6.07 Å². The average molecular weight is 304 g/mol. The van der Waals surface area contributed by atoms with E-state index >= 15 is 0 Å². The molecule has 1 unspecified atom stereocenters. The second-order valence-electron chi connectivity index (χ2n) is 4.99. The second-order valence-corrected chi connectivity index (χ2v) is 6.86. The first-order valence-electron chi connectivity index (χ1n) is 7.16. The number of hydrogen-bond acceptors (Lipinski definition) is 5. The molecule has 0 aromatic carbocycles. The molecule has 0 aliphatic rings. The number of methoxy groups -OCH3 is 1. The van der Waals surface area contributed by atoms with Crippen molar-refractivity contribution in [2.45, 2.75) is 46.2 Å². The van der Waals surface area contributed by atoms with E-state index in [-0.39, 0.29) is 0 Å². The van der Waals surface area contributed by atoms with Gasteiger partial charge in [0, 0.05) is 31.8 Å². The number of rotatable bonds is 12. The predicted octanol–water partition coefficient (Wildman–Crippen LogP) is 3.01. The lowest BCUT2D eigenvalue weighted by Gasteiger charge is -2.36. The highest BCUT2D eigenvalue weighted by atomic mass is 31.2. The summed E-state index contributed by atoms with van der Waals surface area (Å²) >= 11 is 0. The van der Waals surface area contributed by atoms with Gasteiger partial charge in [-0.15, -0.1) is 0 Å². The molecule has 0 aliphatic heterocycles. The molecule has 1 atom stereocenters. The smallest absolute Gasteiger partial charge is 0.105 e. The van der Waals surface area contributed by atoms with Gasteiger partial charge in [-0.2, -0.15) is 5.26 Å². The van der Waals surface area contributed by atoms with E-state index < -0.39 is 8.30 Å². The van der Waals surface area contributed by atoms with E-state index in [1.807, 2.05) is 0 Å². The quantitative estimate of drug-likeness (QED) is 0.410. The standard InChI is InChI=1S/C14H29N2O3P/c1-13(2)16(14(3)4)20(12-6-7-15)19-11-10-18-9-8-17-5/h13-14H,6,8-12H2,1-5H3. The first kappa shape index (κ1) is 19.8. The van der Waals surface area contributed by atoms with Gasteiger partial charge in [0.1, 0.15) is 8.30 Å². The van der Waals surface area contributed by atoms with E-state index in [2.05, 4.69) is 38.4 Å². The minimum Gasteiger partial charge on any atom is -0.382 e. The largest absolute Gasteiger partial charge is 0.382 e. The third-order valence-corrected chi connectivity index (χ3v) is 5.16. The molecular weight excluding hydrogens is 275 g/mol.